The van der Waals surface area contributed by atoms with Crippen LogP contribution in [0.1, 0.15) is 34.6 Å². The molecule has 0 fully saturated rings. The summed E-state index contributed by atoms with van der Waals surface area (Å²) in [6, 6.07) is 6.10. The highest BCUT2D eigenvalue weighted by Crippen LogP contribution is 2.33. The van der Waals surface area contributed by atoms with Crippen LogP contribution < -0.4 is 5.32 Å². The van der Waals surface area contributed by atoms with Crippen molar-refractivity contribution >= 4 is 11.8 Å². The van der Waals surface area contributed by atoms with Gasteiger partial charge in [0.25, 0.3) is 0 Å². The van der Waals surface area contributed by atoms with Crippen LogP contribution in [0.3, 0.4) is 0 Å². The van der Waals surface area contributed by atoms with Gasteiger partial charge in [0.1, 0.15) is 17.2 Å². The van der Waals surface area contributed by atoms with Crippen LogP contribution in [0.2, 0.25) is 0 Å². The van der Waals surface area contributed by atoms with E-state index in [4.69, 9.17) is 0 Å². The number of carboxylic acid groups (broad SMARTS) is 1. The first kappa shape index (κ1) is 12.7. The number of hydrogen-bond donors (Lipinski definition) is 2. The zero-order valence-corrected chi connectivity index (χ0v) is 10.9. The Balaban J connectivity index is 1.93. The van der Waals surface area contributed by atoms with Crippen LogP contribution in [0.25, 0.3) is 0 Å². The van der Waals surface area contributed by atoms with E-state index in [0.717, 1.165) is 5.56 Å². The molecule has 0 saturated heterocycles. The quantitative estimate of drug-likeness (QED) is 0.903. The Morgan fingerprint density at radius 3 is 2.80 bits per heavy atom. The Kier molecular flexibility index (Phi) is 2.93. The summed E-state index contributed by atoms with van der Waals surface area (Å²) in [6.45, 7) is 2.42. The predicted molar refractivity (Wildman–Crippen MR) is 71.3 cm³/mol. The Bertz CT molecular complexity index is 664. The van der Waals surface area contributed by atoms with E-state index in [9.17, 15) is 14.3 Å². The average molecular weight is 275 g/mol. The highest BCUT2D eigenvalue weighted by molar-refractivity contribution is 5.95. The molecule has 5 nitrogen and oxygen atoms in total. The molecule has 1 aromatic heterocycles. The van der Waals surface area contributed by atoms with Gasteiger partial charge in [-0.05, 0) is 24.1 Å². The fourth-order valence-corrected chi connectivity index (χ4v) is 2.53. The molecule has 2 N–H and O–H groups in total. The Morgan fingerprint density at radius 2 is 2.20 bits per heavy atom. The third-order valence-corrected chi connectivity index (χ3v) is 3.51. The number of fused-ring (bicyclic) bond motifs is 1. The molecule has 20 heavy (non-hydrogen) atoms. The summed E-state index contributed by atoms with van der Waals surface area (Å²) in [5, 5.41) is 16.8. The van der Waals surface area contributed by atoms with Crippen LogP contribution in [0, 0.1) is 5.82 Å². The minimum absolute atomic E-state index is 0.0814. The van der Waals surface area contributed by atoms with Gasteiger partial charge >= 0.3 is 5.97 Å². The molecule has 0 aliphatic carbocycles. The summed E-state index contributed by atoms with van der Waals surface area (Å²) in [5.74, 6) is -0.733. The monoisotopic (exact) mass is 275 g/mol. The molecule has 0 spiro atoms. The Labute approximate surface area is 115 Å². The van der Waals surface area contributed by atoms with E-state index in [1.807, 2.05) is 6.92 Å². The van der Waals surface area contributed by atoms with E-state index in [0.29, 0.717) is 24.5 Å². The SMILES string of the molecule is CCc1nn2c(c1C(=O)O)N[C@@H](c1ccc(F)cc1)C2. The van der Waals surface area contributed by atoms with Crippen molar-refractivity contribution in [1.29, 1.82) is 0 Å². The van der Waals surface area contributed by atoms with Crippen LogP contribution in [0.5, 0.6) is 0 Å². The smallest absolute Gasteiger partial charge is 0.341 e. The molecule has 0 amide bonds. The second kappa shape index (κ2) is 4.63. The van der Waals surface area contributed by atoms with Crippen molar-refractivity contribution in [2.75, 3.05) is 5.32 Å². The maximum Gasteiger partial charge on any atom is 0.341 e. The van der Waals surface area contributed by atoms with Gasteiger partial charge in [-0.2, -0.15) is 5.10 Å². The van der Waals surface area contributed by atoms with E-state index in [1.54, 1.807) is 16.8 Å². The van der Waals surface area contributed by atoms with Gasteiger partial charge in [-0.3, -0.25) is 0 Å². The van der Waals surface area contributed by atoms with E-state index < -0.39 is 5.97 Å². The molecular formula is C14H14FN3O2. The van der Waals surface area contributed by atoms with Crippen molar-refractivity contribution in [1.82, 2.24) is 9.78 Å². The number of carboxylic acids is 1. The molecule has 0 bridgehead atoms. The topological polar surface area (TPSA) is 67.2 Å². The summed E-state index contributed by atoms with van der Waals surface area (Å²) < 4.78 is 14.6. The number of nitrogens with one attached hydrogen (secondary N) is 1. The van der Waals surface area contributed by atoms with Crippen LogP contribution >= 0.6 is 0 Å². The fourth-order valence-electron chi connectivity index (χ4n) is 2.53. The standard InChI is InChI=1S/C14H14FN3O2/c1-2-10-12(14(19)20)13-16-11(7-18(13)17-10)8-3-5-9(15)6-4-8/h3-6,11,16H,2,7H2,1H3,(H,19,20)/t11-/m1/s1. The van der Waals surface area contributed by atoms with Gasteiger partial charge < -0.3 is 10.4 Å². The number of hydrogen-bond acceptors (Lipinski definition) is 3. The largest absolute Gasteiger partial charge is 0.477 e. The molecule has 3 rings (SSSR count). The molecule has 2 heterocycles. The first-order valence-electron chi connectivity index (χ1n) is 6.45. The second-order valence-corrected chi connectivity index (χ2v) is 4.76. The molecule has 1 aliphatic heterocycles. The number of benzene rings is 1. The molecule has 2 aromatic rings. The number of aryl methyl sites for hydroxylation is 1. The van der Waals surface area contributed by atoms with Crippen molar-refractivity contribution in [3.63, 3.8) is 0 Å². The minimum atomic E-state index is -0.977. The summed E-state index contributed by atoms with van der Waals surface area (Å²) in [5.41, 5.74) is 1.72. The third kappa shape index (κ3) is 1.93. The van der Waals surface area contributed by atoms with Crippen molar-refractivity contribution in [2.45, 2.75) is 25.9 Å². The third-order valence-electron chi connectivity index (χ3n) is 3.51. The van der Waals surface area contributed by atoms with Gasteiger partial charge in [0, 0.05) is 0 Å². The molecule has 1 aromatic carbocycles. The van der Waals surface area contributed by atoms with Gasteiger partial charge in [0.05, 0.1) is 18.3 Å². The van der Waals surface area contributed by atoms with Crippen molar-refractivity contribution in [2.24, 2.45) is 0 Å². The molecule has 0 unspecified atom stereocenters. The number of rotatable bonds is 3. The van der Waals surface area contributed by atoms with Crippen LogP contribution in [-0.4, -0.2) is 20.9 Å². The predicted octanol–water partition coefficient (Wildman–Crippen LogP) is 2.45. The first-order valence-corrected chi connectivity index (χ1v) is 6.45. The minimum Gasteiger partial charge on any atom is -0.477 e. The summed E-state index contributed by atoms with van der Waals surface area (Å²) in [6.07, 6.45) is 0.574. The number of aromatic nitrogens is 2. The molecule has 1 aliphatic rings. The van der Waals surface area contributed by atoms with Crippen LogP contribution in [-0.2, 0) is 13.0 Å². The van der Waals surface area contributed by atoms with E-state index in [1.165, 1.54) is 12.1 Å². The highest BCUT2D eigenvalue weighted by atomic mass is 19.1. The van der Waals surface area contributed by atoms with Gasteiger partial charge in [-0.15, -0.1) is 0 Å². The molecule has 104 valence electrons. The van der Waals surface area contributed by atoms with Crippen LogP contribution in [0.4, 0.5) is 10.2 Å². The zero-order valence-electron chi connectivity index (χ0n) is 10.9. The number of nitrogens with zero attached hydrogens (tertiary/aromatic N) is 2. The number of halogens is 1. The highest BCUT2D eigenvalue weighted by Gasteiger charge is 2.30. The van der Waals surface area contributed by atoms with Gasteiger partial charge in [-0.25, -0.2) is 13.9 Å². The number of aromatic carboxylic acids is 1. The molecule has 1 atom stereocenters. The lowest BCUT2D eigenvalue weighted by Gasteiger charge is -2.11. The maximum absolute atomic E-state index is 12.9. The lowest BCUT2D eigenvalue weighted by molar-refractivity contribution is 0.0697. The molecule has 0 saturated carbocycles. The van der Waals surface area contributed by atoms with Gasteiger partial charge in [-0.1, -0.05) is 19.1 Å². The maximum atomic E-state index is 12.9. The zero-order chi connectivity index (χ0) is 14.3. The van der Waals surface area contributed by atoms with Gasteiger partial charge in [0.2, 0.25) is 0 Å². The van der Waals surface area contributed by atoms with Crippen molar-refractivity contribution in [3.05, 3.63) is 46.9 Å². The summed E-state index contributed by atoms with van der Waals surface area (Å²) in [4.78, 5) is 11.3. The molecular weight excluding hydrogens is 261 g/mol. The van der Waals surface area contributed by atoms with Crippen molar-refractivity contribution < 1.29 is 14.3 Å². The summed E-state index contributed by atoms with van der Waals surface area (Å²) in [7, 11) is 0. The van der Waals surface area contributed by atoms with E-state index >= 15 is 0 Å². The second-order valence-electron chi connectivity index (χ2n) is 4.76. The fraction of sp³-hybridized carbons (Fsp3) is 0.286. The Morgan fingerprint density at radius 1 is 1.50 bits per heavy atom. The average Bonchev–Trinajstić information content (AvgIpc) is 2.95. The molecule has 0 radical (unpaired) electrons. The number of anilines is 1. The first-order chi connectivity index (χ1) is 9.60. The number of carbonyl (C=O) groups is 1. The lowest BCUT2D eigenvalue weighted by atomic mass is 10.1. The van der Waals surface area contributed by atoms with Crippen LogP contribution in [0.15, 0.2) is 24.3 Å². The van der Waals surface area contributed by atoms with Gasteiger partial charge in [0.15, 0.2) is 0 Å². The lowest BCUT2D eigenvalue weighted by Crippen LogP contribution is -2.10. The Hall–Kier alpha value is -2.37. The van der Waals surface area contributed by atoms with Crippen molar-refractivity contribution in [3.8, 4) is 0 Å². The molecule has 6 heteroatoms. The summed E-state index contributed by atoms with van der Waals surface area (Å²) >= 11 is 0. The normalized spacial score (nSPS) is 16.8. The van der Waals surface area contributed by atoms with E-state index in [2.05, 4.69) is 10.4 Å². The van der Waals surface area contributed by atoms with E-state index in [-0.39, 0.29) is 17.4 Å².